The molecule has 0 aromatic heterocycles. The fraction of sp³-hybridized carbons (Fsp3) is 0.682. The lowest BCUT2D eigenvalue weighted by Gasteiger charge is -2.62. The first kappa shape index (κ1) is 67.4. The van der Waals surface area contributed by atoms with E-state index in [1.807, 2.05) is 0 Å². The molecule has 1 aliphatic heterocycles. The minimum absolute atomic E-state index is 0.101. The van der Waals surface area contributed by atoms with Crippen LogP contribution in [0.4, 0.5) is 4.79 Å². The van der Waals surface area contributed by atoms with Crippen LogP contribution in [0.25, 0.3) is 0 Å². The Kier molecular flexibility index (Phi) is 24.2. The zero-order chi connectivity index (χ0) is 61.5. The molecule has 2 aromatic carbocycles. The lowest BCUT2D eigenvalue weighted by atomic mass is 9.52. The molecule has 3 fully saturated rings. The van der Waals surface area contributed by atoms with Gasteiger partial charge in [0.1, 0.15) is 41.7 Å². The molecule has 1 saturated heterocycles. The number of benzene rings is 2. The molecule has 0 spiro atoms. The Morgan fingerprint density at radius 2 is 1.30 bits per heavy atom. The van der Waals surface area contributed by atoms with Gasteiger partial charge < -0.3 is 53.8 Å². The van der Waals surface area contributed by atoms with Gasteiger partial charge in [0.2, 0.25) is 6.10 Å². The van der Waals surface area contributed by atoms with Crippen LogP contribution in [-0.4, -0.2) is 124 Å². The summed E-state index contributed by atoms with van der Waals surface area (Å²) in [7, 11) is 0. The maximum Gasteiger partial charge on any atom is 0.408 e. The van der Waals surface area contributed by atoms with Crippen LogP contribution in [0.2, 0.25) is 0 Å². The number of carbonyl (C=O) groups is 7. The molecule has 0 radical (unpaired) electrons. The number of carbonyl (C=O) groups excluding carboxylic acids is 7. The van der Waals surface area contributed by atoms with Gasteiger partial charge in [0.25, 0.3) is 0 Å². The maximum atomic E-state index is 15.4. The molecule has 6 rings (SSSR count). The summed E-state index contributed by atoms with van der Waals surface area (Å²) in [5.74, 6) is -6.66. The quantitative estimate of drug-likeness (QED) is 0.0255. The standard InChI is InChI=1S/C66H95NO17/c1-10-11-12-13-14-15-16-17-18-19-20-21-22-23-24-31-38-78-52(70)36-37-53(71)82-57(55(45-32-27-25-28-33-45)67-61(76)84-62(4,5)6)60(75)80-47-41-66(77)51(81-59(74)46-34-29-26-30-35-46)39-48-64(9,58(73)56(72)54(43(47)2)63(66,7)8)49(69)40-50-65(48,42-79-50)83-44(3)68/h25-30,32-35,47-51,55-57,69,72,77H,10-24,31,36-42H2,1-9H3,(H,67,76)/t47-,48-,49-,50+,51-,55-,56+,57+,64-,65+,66+/m0/s1. The molecule has 11 atom stereocenters. The molecule has 1 heterocycles. The number of rotatable bonds is 29. The molecule has 4 aliphatic rings. The van der Waals surface area contributed by atoms with Gasteiger partial charge in [-0.25, -0.2) is 14.4 Å². The second-order valence-corrected chi connectivity index (χ2v) is 25.4. The smallest absolute Gasteiger partial charge is 0.408 e. The van der Waals surface area contributed by atoms with Crippen molar-refractivity contribution in [2.24, 2.45) is 16.7 Å². The monoisotopic (exact) mass is 1170 g/mol. The number of ketones is 1. The topological polar surface area (TPSA) is 257 Å². The summed E-state index contributed by atoms with van der Waals surface area (Å²) >= 11 is 0. The number of aliphatic hydroxyl groups excluding tert-OH is 2. The second kappa shape index (κ2) is 30.1. The molecular formula is C66H95NO17. The van der Waals surface area contributed by atoms with Crippen molar-refractivity contribution in [1.82, 2.24) is 5.32 Å². The van der Waals surface area contributed by atoms with Gasteiger partial charge in [0.15, 0.2) is 11.4 Å². The van der Waals surface area contributed by atoms with Crippen molar-refractivity contribution in [3.05, 3.63) is 82.9 Å². The summed E-state index contributed by atoms with van der Waals surface area (Å²) in [6, 6.07) is 14.6. The number of hydrogen-bond donors (Lipinski definition) is 4. The molecule has 2 saturated carbocycles. The Hall–Kier alpha value is -5.69. The van der Waals surface area contributed by atoms with E-state index in [0.717, 1.165) is 19.3 Å². The highest BCUT2D eigenvalue weighted by molar-refractivity contribution is 5.93. The fourth-order valence-electron chi connectivity index (χ4n) is 13.1. The van der Waals surface area contributed by atoms with E-state index in [1.165, 1.54) is 110 Å². The summed E-state index contributed by atoms with van der Waals surface area (Å²) in [4.78, 5) is 98.5. The van der Waals surface area contributed by atoms with Gasteiger partial charge in [-0.1, -0.05) is 166 Å². The Morgan fingerprint density at radius 1 is 0.750 bits per heavy atom. The second-order valence-electron chi connectivity index (χ2n) is 25.4. The summed E-state index contributed by atoms with van der Waals surface area (Å²) in [5.41, 5.74) is -8.18. The van der Waals surface area contributed by atoms with Crippen LogP contribution in [0.3, 0.4) is 0 Å². The minimum Gasteiger partial charge on any atom is -0.466 e. The lowest BCUT2D eigenvalue weighted by Crippen LogP contribution is -2.75. The number of esters is 5. The average Bonchev–Trinajstić information content (AvgIpc) is 1.36. The molecule has 3 aliphatic carbocycles. The summed E-state index contributed by atoms with van der Waals surface area (Å²) in [6.07, 6.45) is 6.47. The molecule has 2 aromatic rings. The van der Waals surface area contributed by atoms with E-state index in [0.29, 0.717) is 6.42 Å². The van der Waals surface area contributed by atoms with Crippen molar-refractivity contribution in [3.8, 4) is 0 Å². The van der Waals surface area contributed by atoms with Crippen molar-refractivity contribution in [2.45, 2.75) is 257 Å². The van der Waals surface area contributed by atoms with Gasteiger partial charge in [0.05, 0.1) is 43.1 Å². The molecule has 1 amide bonds. The number of amides is 1. The molecule has 2 bridgehead atoms. The zero-order valence-electron chi connectivity index (χ0n) is 51.2. The molecule has 466 valence electrons. The average molecular weight is 1170 g/mol. The Bertz CT molecular complexity index is 2580. The largest absolute Gasteiger partial charge is 0.466 e. The van der Waals surface area contributed by atoms with E-state index >= 15 is 9.59 Å². The predicted molar refractivity (Wildman–Crippen MR) is 312 cm³/mol. The van der Waals surface area contributed by atoms with E-state index in [4.69, 9.17) is 33.2 Å². The Morgan fingerprint density at radius 3 is 1.83 bits per heavy atom. The van der Waals surface area contributed by atoms with Gasteiger partial charge in [-0.05, 0) is 76.3 Å². The number of fused-ring (bicyclic) bond motifs is 5. The number of unbranched alkanes of at least 4 members (excludes halogenated alkanes) is 15. The van der Waals surface area contributed by atoms with E-state index in [2.05, 4.69) is 12.2 Å². The van der Waals surface area contributed by atoms with E-state index < -0.39 is 137 Å². The van der Waals surface area contributed by atoms with Crippen LogP contribution in [0.5, 0.6) is 0 Å². The first-order valence-electron chi connectivity index (χ1n) is 30.8. The molecule has 18 nitrogen and oxygen atoms in total. The highest BCUT2D eigenvalue weighted by Gasteiger charge is 2.73. The number of alkyl carbamates (subject to hydrolysis) is 1. The van der Waals surface area contributed by atoms with Crippen LogP contribution in [0.1, 0.15) is 219 Å². The number of aliphatic hydroxyl groups is 3. The summed E-state index contributed by atoms with van der Waals surface area (Å²) in [5, 5.41) is 41.0. The highest BCUT2D eigenvalue weighted by atomic mass is 16.6. The maximum absolute atomic E-state index is 15.4. The third-order valence-electron chi connectivity index (χ3n) is 18.0. The Balaban J connectivity index is 1.23. The van der Waals surface area contributed by atoms with E-state index in [9.17, 15) is 39.3 Å². The minimum atomic E-state index is -2.35. The summed E-state index contributed by atoms with van der Waals surface area (Å²) < 4.78 is 41.7. The van der Waals surface area contributed by atoms with Gasteiger partial charge in [-0.2, -0.15) is 0 Å². The van der Waals surface area contributed by atoms with Crippen LogP contribution >= 0.6 is 0 Å². The SMILES string of the molecule is CCCCCCCCCCCCCCCCCCOC(=O)CCC(=O)O[C@@H](C(=O)O[C@H]1C[C@@]2(O)[C@@H](OC(=O)c3ccccc3)C[C@@H]3[C@]4(OC(C)=O)CO[C@@H]4C[C@H](O)[C@@]3(C)C(=O)[C@H](O)C(=C1C)C2(C)C)[C@@H](NC(=O)OC(C)(C)C)c1ccccc1. The van der Waals surface area contributed by atoms with Gasteiger partial charge in [-0.3, -0.25) is 19.2 Å². The number of nitrogens with one attached hydrogen (secondary N) is 1. The normalized spacial score (nSPS) is 26.9. The third-order valence-corrected chi connectivity index (χ3v) is 18.0. The molecule has 84 heavy (non-hydrogen) atoms. The van der Waals surface area contributed by atoms with Crippen molar-refractivity contribution < 1.29 is 82.0 Å². The van der Waals surface area contributed by atoms with Crippen LogP contribution in [0, 0.1) is 16.7 Å². The number of Topliss-reactive ketones (excluding diaryl/α,β-unsaturated/α-hetero) is 1. The summed E-state index contributed by atoms with van der Waals surface area (Å²) in [6.45, 7) is 14.4. The van der Waals surface area contributed by atoms with Crippen LogP contribution in [-0.2, 0) is 57.1 Å². The van der Waals surface area contributed by atoms with Gasteiger partial charge in [0, 0.05) is 31.1 Å². The Labute approximate surface area is 496 Å². The first-order valence-corrected chi connectivity index (χ1v) is 30.8. The third kappa shape index (κ3) is 16.4. The molecule has 4 N–H and O–H groups in total. The van der Waals surface area contributed by atoms with E-state index in [1.54, 1.807) is 83.1 Å². The number of ether oxygens (including phenoxy) is 7. The first-order chi connectivity index (χ1) is 39.8. The highest BCUT2D eigenvalue weighted by Crippen LogP contribution is 2.61. The van der Waals surface area contributed by atoms with Crippen molar-refractivity contribution in [2.75, 3.05) is 13.2 Å². The predicted octanol–water partition coefficient (Wildman–Crippen LogP) is 10.8. The van der Waals surface area contributed by atoms with Crippen LogP contribution < -0.4 is 5.32 Å². The molecule has 18 heteroatoms. The van der Waals surface area contributed by atoms with Gasteiger partial charge >= 0.3 is 35.9 Å². The van der Waals surface area contributed by atoms with E-state index in [-0.39, 0.29) is 48.3 Å². The number of hydrogen-bond acceptors (Lipinski definition) is 17. The van der Waals surface area contributed by atoms with Gasteiger partial charge in [-0.15, -0.1) is 0 Å². The van der Waals surface area contributed by atoms with Crippen LogP contribution in [0.15, 0.2) is 71.8 Å². The van der Waals surface area contributed by atoms with Crippen molar-refractivity contribution >= 4 is 41.7 Å². The fourth-order valence-corrected chi connectivity index (χ4v) is 13.1. The zero-order valence-corrected chi connectivity index (χ0v) is 51.2. The van der Waals surface area contributed by atoms with Crippen molar-refractivity contribution in [3.63, 3.8) is 0 Å². The lowest BCUT2D eigenvalue weighted by molar-refractivity contribution is -0.323. The molecule has 0 unspecified atom stereocenters. The molecular weight excluding hydrogens is 1080 g/mol. The van der Waals surface area contributed by atoms with Crippen molar-refractivity contribution in [1.29, 1.82) is 0 Å².